The van der Waals surface area contributed by atoms with Crippen LogP contribution < -0.4 is 5.73 Å². The molecule has 5 rings (SSSR count). The number of carbonyl (C=O) groups is 1. The summed E-state index contributed by atoms with van der Waals surface area (Å²) in [5.41, 5.74) is 10.7. The minimum Gasteiger partial charge on any atom is -0.465 e. The highest BCUT2D eigenvalue weighted by atomic mass is 16.4. The fraction of sp³-hybridized carbons (Fsp3) is 0.300. The third kappa shape index (κ3) is 2.77. The van der Waals surface area contributed by atoms with Gasteiger partial charge in [-0.15, -0.1) is 0 Å². The molecule has 4 heterocycles. The Balaban J connectivity index is 1.63. The van der Waals surface area contributed by atoms with Crippen molar-refractivity contribution >= 4 is 28.3 Å². The summed E-state index contributed by atoms with van der Waals surface area (Å²) in [5.74, 6) is 1.27. The van der Waals surface area contributed by atoms with Crippen molar-refractivity contribution in [1.82, 2.24) is 29.5 Å². The van der Waals surface area contributed by atoms with Gasteiger partial charge in [-0.2, -0.15) is 5.10 Å². The number of nitrogen functional groups attached to an aromatic ring is 1. The maximum atomic E-state index is 11.2. The zero-order valence-electron chi connectivity index (χ0n) is 16.0. The van der Waals surface area contributed by atoms with Crippen molar-refractivity contribution in [2.45, 2.75) is 25.7 Å². The molecule has 1 amide bonds. The van der Waals surface area contributed by atoms with Crippen LogP contribution in [-0.2, 0) is 0 Å². The largest absolute Gasteiger partial charge is 0.465 e. The van der Waals surface area contributed by atoms with E-state index < -0.39 is 6.09 Å². The van der Waals surface area contributed by atoms with E-state index >= 15 is 0 Å². The number of aromatic amines is 1. The van der Waals surface area contributed by atoms with Crippen molar-refractivity contribution < 1.29 is 9.90 Å². The van der Waals surface area contributed by atoms with Crippen molar-refractivity contribution in [3.05, 3.63) is 42.0 Å². The van der Waals surface area contributed by atoms with Crippen molar-refractivity contribution in [3.8, 4) is 11.4 Å². The number of piperidine rings is 1. The van der Waals surface area contributed by atoms with Crippen LogP contribution in [0.2, 0.25) is 0 Å². The number of anilines is 1. The monoisotopic (exact) mass is 391 g/mol. The van der Waals surface area contributed by atoms with Gasteiger partial charge < -0.3 is 20.7 Å². The predicted octanol–water partition coefficient (Wildman–Crippen LogP) is 3.02. The number of rotatable bonds is 2. The predicted molar refractivity (Wildman–Crippen MR) is 109 cm³/mol. The second kappa shape index (κ2) is 6.47. The Labute approximate surface area is 166 Å². The molecule has 9 heteroatoms. The molecule has 0 spiro atoms. The SMILES string of the molecule is Cc1cccc2cc(-c3nc(C4CCN(C(=O)O)CC4)n4ncnc(N)c34)[nH]c12. The maximum absolute atomic E-state index is 11.2. The van der Waals surface area contributed by atoms with Crippen LogP contribution in [0.4, 0.5) is 10.6 Å². The lowest BCUT2D eigenvalue weighted by molar-refractivity contribution is 0.131. The number of aryl methyl sites for hydroxylation is 1. The summed E-state index contributed by atoms with van der Waals surface area (Å²) < 4.78 is 1.76. The number of aromatic nitrogens is 5. The first-order valence-electron chi connectivity index (χ1n) is 9.58. The van der Waals surface area contributed by atoms with Crippen LogP contribution in [-0.4, -0.2) is 53.8 Å². The molecule has 29 heavy (non-hydrogen) atoms. The third-order valence-electron chi connectivity index (χ3n) is 5.74. The first-order chi connectivity index (χ1) is 14.0. The van der Waals surface area contributed by atoms with Crippen molar-refractivity contribution in [3.63, 3.8) is 0 Å². The van der Waals surface area contributed by atoms with Crippen LogP contribution in [0, 0.1) is 6.92 Å². The average molecular weight is 391 g/mol. The number of H-pyrrole nitrogens is 1. The fourth-order valence-corrected chi connectivity index (χ4v) is 4.19. The van der Waals surface area contributed by atoms with E-state index in [2.05, 4.69) is 40.2 Å². The van der Waals surface area contributed by atoms with Crippen molar-refractivity contribution in [1.29, 1.82) is 0 Å². The Hall–Kier alpha value is -3.62. The normalized spacial score (nSPS) is 15.4. The standard InChI is InChI=1S/C20H21N7O2/c1-11-3-2-4-13-9-14(24-15(11)13)16-17-18(21)22-10-23-27(17)19(25-16)12-5-7-26(8-6-12)20(28)29/h2-4,9-10,12,24H,5-8H2,1H3,(H,28,29)(H2,21,22,23). The van der Waals surface area contributed by atoms with Gasteiger partial charge in [-0.3, -0.25) is 0 Å². The van der Waals surface area contributed by atoms with E-state index in [0.29, 0.717) is 37.3 Å². The van der Waals surface area contributed by atoms with Crippen LogP contribution in [0.1, 0.15) is 30.1 Å². The number of hydrogen-bond donors (Lipinski definition) is 3. The van der Waals surface area contributed by atoms with Crippen molar-refractivity contribution in [2.75, 3.05) is 18.8 Å². The highest BCUT2D eigenvalue weighted by Crippen LogP contribution is 2.35. The zero-order valence-corrected chi connectivity index (χ0v) is 16.0. The molecule has 1 aromatic carbocycles. The van der Waals surface area contributed by atoms with E-state index in [0.717, 1.165) is 33.7 Å². The molecule has 0 radical (unpaired) electrons. The maximum Gasteiger partial charge on any atom is 0.407 e. The number of benzene rings is 1. The molecule has 9 nitrogen and oxygen atoms in total. The number of carboxylic acid groups (broad SMARTS) is 1. The number of amides is 1. The molecular weight excluding hydrogens is 370 g/mol. The summed E-state index contributed by atoms with van der Waals surface area (Å²) in [6.45, 7) is 3.03. The minimum atomic E-state index is -0.878. The molecular formula is C20H21N7O2. The Morgan fingerprint density at radius 3 is 2.83 bits per heavy atom. The quantitative estimate of drug-likeness (QED) is 0.482. The van der Waals surface area contributed by atoms with Crippen LogP contribution in [0.3, 0.4) is 0 Å². The van der Waals surface area contributed by atoms with Crippen LogP contribution in [0.5, 0.6) is 0 Å². The van der Waals surface area contributed by atoms with E-state index in [4.69, 9.17) is 10.7 Å². The molecule has 1 saturated heterocycles. The lowest BCUT2D eigenvalue weighted by Gasteiger charge is -2.29. The van der Waals surface area contributed by atoms with Gasteiger partial charge in [0.1, 0.15) is 23.4 Å². The van der Waals surface area contributed by atoms with Gasteiger partial charge in [0, 0.05) is 29.9 Å². The first kappa shape index (κ1) is 17.5. The fourth-order valence-electron chi connectivity index (χ4n) is 4.19. The summed E-state index contributed by atoms with van der Waals surface area (Å²) in [6, 6.07) is 8.21. The number of hydrogen-bond acceptors (Lipinski definition) is 5. The molecule has 4 aromatic rings. The molecule has 148 valence electrons. The van der Waals surface area contributed by atoms with E-state index in [1.54, 1.807) is 4.52 Å². The summed E-state index contributed by atoms with van der Waals surface area (Å²) in [7, 11) is 0. The third-order valence-corrected chi connectivity index (χ3v) is 5.74. The molecule has 0 unspecified atom stereocenters. The van der Waals surface area contributed by atoms with Gasteiger partial charge in [0.2, 0.25) is 0 Å². The molecule has 0 bridgehead atoms. The summed E-state index contributed by atoms with van der Waals surface area (Å²) in [5, 5.41) is 14.7. The van der Waals surface area contributed by atoms with Gasteiger partial charge in [-0.05, 0) is 31.4 Å². The Morgan fingerprint density at radius 2 is 2.10 bits per heavy atom. The molecule has 0 atom stereocenters. The lowest BCUT2D eigenvalue weighted by atomic mass is 9.96. The van der Waals surface area contributed by atoms with Gasteiger partial charge in [0.25, 0.3) is 0 Å². The van der Waals surface area contributed by atoms with Crippen molar-refractivity contribution in [2.24, 2.45) is 0 Å². The summed E-state index contributed by atoms with van der Waals surface area (Å²) >= 11 is 0. The molecule has 1 fully saturated rings. The van der Waals surface area contributed by atoms with E-state index in [1.165, 1.54) is 11.2 Å². The molecule has 3 aromatic heterocycles. The molecule has 4 N–H and O–H groups in total. The van der Waals surface area contributed by atoms with Crippen LogP contribution in [0.25, 0.3) is 27.8 Å². The molecule has 1 aliphatic rings. The Bertz CT molecular complexity index is 1230. The van der Waals surface area contributed by atoms with Gasteiger partial charge in [-0.25, -0.2) is 19.3 Å². The number of fused-ring (bicyclic) bond motifs is 2. The smallest absolute Gasteiger partial charge is 0.407 e. The number of para-hydroxylation sites is 1. The average Bonchev–Trinajstić information content (AvgIpc) is 3.31. The molecule has 0 aliphatic carbocycles. The second-order valence-corrected chi connectivity index (χ2v) is 7.49. The first-order valence-corrected chi connectivity index (χ1v) is 9.58. The lowest BCUT2D eigenvalue weighted by Crippen LogP contribution is -2.37. The molecule has 1 aliphatic heterocycles. The Kier molecular flexibility index (Phi) is 3.90. The van der Waals surface area contributed by atoms with E-state index in [1.807, 2.05) is 6.07 Å². The number of likely N-dealkylation sites (tertiary alicyclic amines) is 1. The molecule has 0 saturated carbocycles. The number of nitrogens with one attached hydrogen (secondary N) is 1. The Morgan fingerprint density at radius 1 is 1.31 bits per heavy atom. The number of nitrogens with two attached hydrogens (primary N) is 1. The van der Waals surface area contributed by atoms with Gasteiger partial charge in [-0.1, -0.05) is 18.2 Å². The van der Waals surface area contributed by atoms with Gasteiger partial charge in [0.05, 0.1) is 5.69 Å². The van der Waals surface area contributed by atoms with Crippen LogP contribution >= 0.6 is 0 Å². The van der Waals surface area contributed by atoms with Gasteiger partial charge >= 0.3 is 6.09 Å². The highest BCUT2D eigenvalue weighted by molar-refractivity contribution is 5.92. The number of imidazole rings is 1. The van der Waals surface area contributed by atoms with Crippen LogP contribution in [0.15, 0.2) is 30.6 Å². The minimum absolute atomic E-state index is 0.104. The summed E-state index contributed by atoms with van der Waals surface area (Å²) in [6.07, 6.45) is 1.94. The van der Waals surface area contributed by atoms with Gasteiger partial charge in [0.15, 0.2) is 5.82 Å². The number of nitrogens with zero attached hydrogens (tertiary/aromatic N) is 5. The van der Waals surface area contributed by atoms with E-state index in [-0.39, 0.29) is 5.92 Å². The zero-order chi connectivity index (χ0) is 20.1. The second-order valence-electron chi connectivity index (χ2n) is 7.49. The summed E-state index contributed by atoms with van der Waals surface area (Å²) in [4.78, 5) is 25.2. The highest BCUT2D eigenvalue weighted by Gasteiger charge is 2.29. The van der Waals surface area contributed by atoms with E-state index in [9.17, 15) is 9.90 Å². The topological polar surface area (TPSA) is 125 Å².